The summed E-state index contributed by atoms with van der Waals surface area (Å²) in [5.74, 6) is -0.575. The number of nitrogens with one attached hydrogen (secondary N) is 1. The predicted molar refractivity (Wildman–Crippen MR) is 120 cm³/mol. The van der Waals surface area contributed by atoms with E-state index in [1.54, 1.807) is 19.2 Å². The fourth-order valence-corrected chi connectivity index (χ4v) is 4.52. The summed E-state index contributed by atoms with van der Waals surface area (Å²) in [7, 11) is 2.90. The molecule has 0 bridgehead atoms. The lowest BCUT2D eigenvalue weighted by Gasteiger charge is -2.38. The van der Waals surface area contributed by atoms with Gasteiger partial charge in [-0.3, -0.25) is 4.79 Å². The maximum absolute atomic E-state index is 13.1. The molecule has 2 aromatic rings. The van der Waals surface area contributed by atoms with Gasteiger partial charge >= 0.3 is 5.97 Å². The Morgan fingerprint density at radius 1 is 1.12 bits per heavy atom. The standard InChI is InChI=1S/C26H26FNO5/c1-15-23(26(30)32-3)24(25-20(28-15)5-4-6-21(25)29)16-7-8-17(22(13-16)31-2)14-33-19-11-9-18(27)10-12-19/h5,7-13,24-25,28H,4,6,14H2,1-3H3. The quantitative estimate of drug-likeness (QED) is 0.656. The first kappa shape index (κ1) is 22.6. The number of hydrogen-bond donors (Lipinski definition) is 1. The number of ketones is 1. The predicted octanol–water partition coefficient (Wildman–Crippen LogP) is 4.41. The molecule has 1 heterocycles. The van der Waals surface area contributed by atoms with Gasteiger partial charge in [0, 0.05) is 29.3 Å². The average molecular weight is 451 g/mol. The highest BCUT2D eigenvalue weighted by Crippen LogP contribution is 2.44. The third-order valence-electron chi connectivity index (χ3n) is 6.10. The molecule has 7 heteroatoms. The van der Waals surface area contributed by atoms with Crippen LogP contribution in [0.3, 0.4) is 0 Å². The number of fused-ring (bicyclic) bond motifs is 1. The van der Waals surface area contributed by atoms with E-state index in [1.165, 1.54) is 19.2 Å². The summed E-state index contributed by atoms with van der Waals surface area (Å²) in [6.07, 6.45) is 3.13. The minimum Gasteiger partial charge on any atom is -0.496 e. The molecule has 172 valence electrons. The number of halogens is 1. The zero-order chi connectivity index (χ0) is 23.5. The normalized spacial score (nSPS) is 19.9. The third kappa shape index (κ3) is 4.49. The molecule has 0 saturated carbocycles. The van der Waals surface area contributed by atoms with E-state index < -0.39 is 17.8 Å². The minimum absolute atomic E-state index is 0.0848. The van der Waals surface area contributed by atoms with Gasteiger partial charge in [0.2, 0.25) is 0 Å². The van der Waals surface area contributed by atoms with Crippen LogP contribution in [0, 0.1) is 11.7 Å². The third-order valence-corrected chi connectivity index (χ3v) is 6.10. The van der Waals surface area contributed by atoms with Gasteiger partial charge < -0.3 is 19.5 Å². The first-order chi connectivity index (χ1) is 15.9. The highest BCUT2D eigenvalue weighted by Gasteiger charge is 2.43. The van der Waals surface area contributed by atoms with Crippen LogP contribution in [0.4, 0.5) is 4.39 Å². The Bertz CT molecular complexity index is 1140. The number of ether oxygens (including phenoxy) is 3. The molecule has 2 aliphatic rings. The largest absolute Gasteiger partial charge is 0.496 e. The average Bonchev–Trinajstić information content (AvgIpc) is 2.82. The lowest BCUT2D eigenvalue weighted by atomic mass is 9.71. The van der Waals surface area contributed by atoms with Crippen LogP contribution in [0.2, 0.25) is 0 Å². The van der Waals surface area contributed by atoms with Crippen LogP contribution in [-0.2, 0) is 20.9 Å². The molecular formula is C26H26FNO5. The summed E-state index contributed by atoms with van der Waals surface area (Å²) in [5, 5.41) is 3.24. The van der Waals surface area contributed by atoms with Gasteiger partial charge in [-0.15, -0.1) is 0 Å². The van der Waals surface area contributed by atoms with E-state index >= 15 is 0 Å². The maximum atomic E-state index is 13.1. The second-order valence-corrected chi connectivity index (χ2v) is 8.09. The number of esters is 1. The van der Waals surface area contributed by atoms with Crippen molar-refractivity contribution in [3.8, 4) is 11.5 Å². The van der Waals surface area contributed by atoms with Crippen LogP contribution in [0.25, 0.3) is 0 Å². The SMILES string of the molecule is COC(=O)C1=C(C)NC2=CCCC(=O)C2C1c1ccc(COc2ccc(F)cc2)c(OC)c1. The van der Waals surface area contributed by atoms with Crippen molar-refractivity contribution in [1.82, 2.24) is 5.32 Å². The molecule has 0 aromatic heterocycles. The second-order valence-electron chi connectivity index (χ2n) is 8.09. The van der Waals surface area contributed by atoms with Crippen LogP contribution in [0.1, 0.15) is 36.8 Å². The molecule has 2 aromatic carbocycles. The van der Waals surface area contributed by atoms with Crippen molar-refractivity contribution < 1.29 is 28.2 Å². The first-order valence-corrected chi connectivity index (χ1v) is 10.8. The van der Waals surface area contributed by atoms with Crippen LogP contribution >= 0.6 is 0 Å². The van der Waals surface area contributed by atoms with Gasteiger partial charge in [0.15, 0.2) is 0 Å². The molecule has 0 fully saturated rings. The molecule has 0 radical (unpaired) electrons. The van der Waals surface area contributed by atoms with Crippen molar-refractivity contribution >= 4 is 11.8 Å². The summed E-state index contributed by atoms with van der Waals surface area (Å²) < 4.78 is 29.6. The molecule has 6 nitrogen and oxygen atoms in total. The molecule has 1 N–H and O–H groups in total. The molecule has 4 rings (SSSR count). The van der Waals surface area contributed by atoms with Crippen LogP contribution in [0.15, 0.2) is 65.5 Å². The Kier molecular flexibility index (Phi) is 6.49. The number of benzene rings is 2. The molecule has 2 unspecified atom stereocenters. The Labute approximate surface area is 192 Å². The zero-order valence-corrected chi connectivity index (χ0v) is 18.8. The number of rotatable bonds is 6. The molecule has 1 aliphatic carbocycles. The molecule has 2 atom stereocenters. The molecular weight excluding hydrogens is 425 g/mol. The highest BCUT2D eigenvalue weighted by molar-refractivity contribution is 5.96. The van der Waals surface area contributed by atoms with Crippen LogP contribution in [-0.4, -0.2) is 26.0 Å². The van der Waals surface area contributed by atoms with Crippen molar-refractivity contribution in [3.05, 3.63) is 82.5 Å². The van der Waals surface area contributed by atoms with Crippen molar-refractivity contribution in [2.24, 2.45) is 5.92 Å². The number of allylic oxidation sites excluding steroid dienone is 3. The summed E-state index contributed by atoms with van der Waals surface area (Å²) >= 11 is 0. The van der Waals surface area contributed by atoms with Gasteiger partial charge in [0.1, 0.15) is 29.7 Å². The number of hydrogen-bond acceptors (Lipinski definition) is 6. The summed E-state index contributed by atoms with van der Waals surface area (Å²) in [6, 6.07) is 11.4. The lowest BCUT2D eigenvalue weighted by Crippen LogP contribution is -2.40. The summed E-state index contributed by atoms with van der Waals surface area (Å²) in [4.78, 5) is 25.7. The Balaban J connectivity index is 1.70. The Hall–Kier alpha value is -3.61. The summed E-state index contributed by atoms with van der Waals surface area (Å²) in [5.41, 5.74) is 3.50. The zero-order valence-electron chi connectivity index (χ0n) is 18.8. The van der Waals surface area contributed by atoms with Gasteiger partial charge in [-0.1, -0.05) is 18.2 Å². The van der Waals surface area contributed by atoms with E-state index in [-0.39, 0.29) is 18.2 Å². The van der Waals surface area contributed by atoms with Gasteiger partial charge in [-0.05, 0) is 49.2 Å². The highest BCUT2D eigenvalue weighted by atomic mass is 19.1. The van der Waals surface area contributed by atoms with Gasteiger partial charge in [-0.25, -0.2) is 9.18 Å². The van der Waals surface area contributed by atoms with E-state index in [4.69, 9.17) is 14.2 Å². The van der Waals surface area contributed by atoms with Crippen LogP contribution in [0.5, 0.6) is 11.5 Å². The molecule has 0 saturated heterocycles. The molecule has 1 aliphatic heterocycles. The number of carbonyl (C=O) groups is 2. The monoisotopic (exact) mass is 451 g/mol. The number of carbonyl (C=O) groups excluding carboxylic acids is 2. The summed E-state index contributed by atoms with van der Waals surface area (Å²) in [6.45, 7) is 2.03. The van der Waals surface area contributed by atoms with E-state index in [9.17, 15) is 14.0 Å². The Morgan fingerprint density at radius 3 is 2.58 bits per heavy atom. The maximum Gasteiger partial charge on any atom is 0.336 e. The van der Waals surface area contributed by atoms with E-state index in [0.717, 1.165) is 16.8 Å². The molecule has 33 heavy (non-hydrogen) atoms. The first-order valence-electron chi connectivity index (χ1n) is 10.8. The lowest BCUT2D eigenvalue weighted by molar-refractivity contribution is -0.136. The van der Waals surface area contributed by atoms with Crippen LogP contribution < -0.4 is 14.8 Å². The van der Waals surface area contributed by atoms with Crippen molar-refractivity contribution in [2.45, 2.75) is 32.3 Å². The number of methoxy groups -OCH3 is 2. The van der Waals surface area contributed by atoms with Gasteiger partial charge in [0.25, 0.3) is 0 Å². The van der Waals surface area contributed by atoms with Crippen molar-refractivity contribution in [3.63, 3.8) is 0 Å². The fraction of sp³-hybridized carbons (Fsp3) is 0.308. The van der Waals surface area contributed by atoms with Crippen molar-refractivity contribution in [1.29, 1.82) is 0 Å². The van der Waals surface area contributed by atoms with E-state index in [0.29, 0.717) is 35.6 Å². The molecule has 0 amide bonds. The Morgan fingerprint density at radius 2 is 1.88 bits per heavy atom. The van der Waals surface area contributed by atoms with E-state index in [2.05, 4.69) is 5.32 Å². The van der Waals surface area contributed by atoms with Gasteiger partial charge in [-0.2, -0.15) is 0 Å². The van der Waals surface area contributed by atoms with Gasteiger partial charge in [0.05, 0.1) is 25.7 Å². The topological polar surface area (TPSA) is 73.9 Å². The fourth-order valence-electron chi connectivity index (χ4n) is 4.52. The second kappa shape index (κ2) is 9.48. The molecule has 0 spiro atoms. The minimum atomic E-state index is -0.487. The number of Topliss-reactive ketones (excluding diaryl/α,β-unsaturated/α-hetero) is 1. The van der Waals surface area contributed by atoms with Crippen molar-refractivity contribution in [2.75, 3.05) is 14.2 Å². The van der Waals surface area contributed by atoms with E-state index in [1.807, 2.05) is 31.2 Å². The smallest absolute Gasteiger partial charge is 0.336 e.